The van der Waals surface area contributed by atoms with Gasteiger partial charge in [-0.2, -0.15) is 5.26 Å². The Morgan fingerprint density at radius 1 is 1.05 bits per heavy atom. The van der Waals surface area contributed by atoms with Crippen LogP contribution in [0.2, 0.25) is 0 Å². The summed E-state index contributed by atoms with van der Waals surface area (Å²) >= 11 is 0. The van der Waals surface area contributed by atoms with Gasteiger partial charge >= 0.3 is 0 Å². The highest BCUT2D eigenvalue weighted by Crippen LogP contribution is 2.37. The molecule has 0 amide bonds. The number of piperidine rings is 1. The molecule has 3 aliphatic heterocycles. The first-order chi connectivity index (χ1) is 19.0. The van der Waals surface area contributed by atoms with Gasteiger partial charge in [0.05, 0.1) is 24.6 Å². The van der Waals surface area contributed by atoms with Crippen LogP contribution in [0.4, 0.5) is 5.82 Å². The van der Waals surface area contributed by atoms with Gasteiger partial charge in [0, 0.05) is 67.9 Å². The fourth-order valence-electron chi connectivity index (χ4n) is 5.66. The topological polar surface area (TPSA) is 112 Å². The largest absolute Gasteiger partial charge is 0.490 e. The molecule has 10 nitrogen and oxygen atoms in total. The van der Waals surface area contributed by atoms with Crippen LogP contribution in [0.3, 0.4) is 0 Å². The number of nitriles is 1. The van der Waals surface area contributed by atoms with Crippen LogP contribution in [0.5, 0.6) is 11.6 Å². The summed E-state index contributed by atoms with van der Waals surface area (Å²) in [6.45, 7) is 3.01. The summed E-state index contributed by atoms with van der Waals surface area (Å²) in [5, 5.41) is 19.9. The maximum atomic E-state index is 10.2. The van der Waals surface area contributed by atoms with E-state index in [9.17, 15) is 10.4 Å². The van der Waals surface area contributed by atoms with E-state index in [0.717, 1.165) is 49.6 Å². The van der Waals surface area contributed by atoms with E-state index in [4.69, 9.17) is 14.5 Å². The third-order valence-electron chi connectivity index (χ3n) is 8.11. The highest BCUT2D eigenvalue weighted by atomic mass is 16.5. The smallest absolute Gasteiger partial charge is 0.212 e. The molecule has 10 heteroatoms. The number of pyridine rings is 3. The Hall–Kier alpha value is -4.20. The Morgan fingerprint density at radius 2 is 1.90 bits per heavy atom. The van der Waals surface area contributed by atoms with Gasteiger partial charge in [0.2, 0.25) is 5.88 Å². The van der Waals surface area contributed by atoms with Gasteiger partial charge in [-0.25, -0.2) is 15.0 Å². The molecule has 4 aromatic heterocycles. The molecule has 4 fully saturated rings. The van der Waals surface area contributed by atoms with Gasteiger partial charge in [0.15, 0.2) is 0 Å². The Labute approximate surface area is 226 Å². The first-order valence-corrected chi connectivity index (χ1v) is 13.2. The monoisotopic (exact) mass is 523 g/mol. The van der Waals surface area contributed by atoms with Crippen LogP contribution in [0.15, 0.2) is 55.0 Å². The summed E-state index contributed by atoms with van der Waals surface area (Å²) in [6, 6.07) is 15.0. The molecule has 39 heavy (non-hydrogen) atoms. The van der Waals surface area contributed by atoms with Crippen LogP contribution in [-0.2, 0) is 6.54 Å². The average Bonchev–Trinajstić information content (AvgIpc) is 3.58. The van der Waals surface area contributed by atoms with E-state index in [1.165, 1.54) is 12.0 Å². The number of hydrogen-bond acceptors (Lipinski definition) is 9. The van der Waals surface area contributed by atoms with Crippen LogP contribution in [0.25, 0.3) is 16.9 Å². The number of aromatic nitrogens is 4. The second-order valence-electron chi connectivity index (χ2n) is 10.8. The van der Waals surface area contributed by atoms with Gasteiger partial charge in [0.25, 0.3) is 0 Å². The molecule has 2 unspecified atom stereocenters. The predicted molar refractivity (Wildman–Crippen MR) is 144 cm³/mol. The minimum Gasteiger partial charge on any atom is -0.490 e. The molecule has 3 saturated heterocycles. The standard InChI is InChI=1S/C29H29N7O3/c1-38-28-5-2-19(12-33-28)15-35-21-8-22(35)17-34(16-21)26-4-3-20(13-31-26)25-9-24(39-18-29(37)6-7-29)10-27-32-14-23(11-30)36(25)27/h2-5,9-10,12-14,21-22,37H,6-8,15-18H2,1H3. The number of rotatable bonds is 8. The van der Waals surface area contributed by atoms with Crippen molar-refractivity contribution in [1.29, 1.82) is 5.26 Å². The number of methoxy groups -OCH3 is 1. The van der Waals surface area contributed by atoms with E-state index in [2.05, 4.69) is 31.9 Å². The molecular weight excluding hydrogens is 494 g/mol. The number of ether oxygens (including phenoxy) is 2. The predicted octanol–water partition coefficient (Wildman–Crippen LogP) is 3.04. The molecule has 1 saturated carbocycles. The van der Waals surface area contributed by atoms with Crippen LogP contribution in [0, 0.1) is 11.3 Å². The number of piperazine rings is 1. The van der Waals surface area contributed by atoms with E-state index in [1.54, 1.807) is 19.4 Å². The summed E-state index contributed by atoms with van der Waals surface area (Å²) in [5.74, 6) is 2.20. The molecule has 2 atom stereocenters. The molecule has 2 bridgehead atoms. The van der Waals surface area contributed by atoms with Crippen molar-refractivity contribution in [1.82, 2.24) is 24.3 Å². The minimum atomic E-state index is -0.723. The number of aliphatic hydroxyl groups is 1. The van der Waals surface area contributed by atoms with Crippen molar-refractivity contribution in [3.05, 3.63) is 66.2 Å². The van der Waals surface area contributed by atoms with Gasteiger partial charge in [-0.15, -0.1) is 0 Å². The highest BCUT2D eigenvalue weighted by Gasteiger charge is 2.44. The highest BCUT2D eigenvalue weighted by molar-refractivity contribution is 5.68. The molecule has 4 aliphatic rings. The number of hydrogen-bond donors (Lipinski definition) is 1. The minimum absolute atomic E-state index is 0.245. The average molecular weight is 524 g/mol. The molecule has 0 radical (unpaired) electrons. The molecule has 7 heterocycles. The zero-order chi connectivity index (χ0) is 26.6. The van der Waals surface area contributed by atoms with E-state index >= 15 is 0 Å². The van der Waals surface area contributed by atoms with Crippen LogP contribution in [-0.4, -0.2) is 73.8 Å². The quantitative estimate of drug-likeness (QED) is 0.372. The zero-order valence-corrected chi connectivity index (χ0v) is 21.7. The van der Waals surface area contributed by atoms with Gasteiger partial charge in [0.1, 0.15) is 35.6 Å². The molecule has 0 spiro atoms. The second-order valence-corrected chi connectivity index (χ2v) is 10.8. The van der Waals surface area contributed by atoms with E-state index < -0.39 is 5.60 Å². The summed E-state index contributed by atoms with van der Waals surface area (Å²) < 4.78 is 12.9. The lowest BCUT2D eigenvalue weighted by atomic mass is 9.87. The Kier molecular flexibility index (Phi) is 5.65. The van der Waals surface area contributed by atoms with E-state index in [1.807, 2.05) is 41.1 Å². The Balaban J connectivity index is 1.08. The van der Waals surface area contributed by atoms with Crippen molar-refractivity contribution in [2.75, 3.05) is 31.7 Å². The van der Waals surface area contributed by atoms with Gasteiger partial charge in [-0.3, -0.25) is 9.30 Å². The maximum Gasteiger partial charge on any atom is 0.212 e. The lowest BCUT2D eigenvalue weighted by Crippen LogP contribution is -2.68. The summed E-state index contributed by atoms with van der Waals surface area (Å²) in [6.07, 6.45) is 8.02. The third-order valence-corrected chi connectivity index (χ3v) is 8.11. The van der Waals surface area contributed by atoms with Gasteiger partial charge in [-0.1, -0.05) is 6.07 Å². The Bertz CT molecular complexity index is 1550. The molecule has 0 aromatic carbocycles. The summed E-state index contributed by atoms with van der Waals surface area (Å²) in [5.41, 5.74) is 3.18. The van der Waals surface area contributed by atoms with Crippen molar-refractivity contribution < 1.29 is 14.6 Å². The van der Waals surface area contributed by atoms with Gasteiger partial charge in [-0.05, 0) is 37.0 Å². The lowest BCUT2D eigenvalue weighted by molar-refractivity contribution is -0.00876. The molecule has 1 aliphatic carbocycles. The number of nitrogens with zero attached hydrogens (tertiary/aromatic N) is 7. The van der Waals surface area contributed by atoms with Crippen molar-refractivity contribution in [2.24, 2.45) is 0 Å². The third kappa shape index (κ3) is 4.43. The van der Waals surface area contributed by atoms with Crippen molar-refractivity contribution in [3.63, 3.8) is 0 Å². The number of anilines is 1. The van der Waals surface area contributed by atoms with Gasteiger partial charge < -0.3 is 19.5 Å². The number of imidazole rings is 1. The second kappa shape index (κ2) is 9.22. The van der Waals surface area contributed by atoms with Crippen molar-refractivity contribution in [3.8, 4) is 29.0 Å². The van der Waals surface area contributed by atoms with Crippen LogP contribution >= 0.6 is 0 Å². The summed E-state index contributed by atoms with van der Waals surface area (Å²) in [7, 11) is 1.63. The normalized spacial score (nSPS) is 21.3. The van der Waals surface area contributed by atoms with E-state index in [0.29, 0.717) is 35.1 Å². The number of fused-ring (bicyclic) bond motifs is 3. The van der Waals surface area contributed by atoms with Crippen LogP contribution < -0.4 is 14.4 Å². The summed E-state index contributed by atoms with van der Waals surface area (Å²) in [4.78, 5) is 18.5. The first-order valence-electron chi connectivity index (χ1n) is 13.2. The molecule has 1 N–H and O–H groups in total. The fraction of sp³-hybridized carbons (Fsp3) is 0.379. The molecule has 8 rings (SSSR count). The molecule has 198 valence electrons. The molecule has 4 aromatic rings. The lowest BCUT2D eigenvalue weighted by Gasteiger charge is -2.56. The first kappa shape index (κ1) is 23.9. The molecular formula is C29H29N7O3. The zero-order valence-electron chi connectivity index (χ0n) is 21.7. The maximum absolute atomic E-state index is 10.2. The van der Waals surface area contributed by atoms with Crippen molar-refractivity contribution in [2.45, 2.75) is 43.5 Å². The van der Waals surface area contributed by atoms with E-state index in [-0.39, 0.29) is 6.61 Å². The Morgan fingerprint density at radius 3 is 2.56 bits per heavy atom. The van der Waals surface area contributed by atoms with Crippen LogP contribution in [0.1, 0.15) is 30.5 Å². The SMILES string of the molecule is COc1ccc(CN2C3CC2CN(c2ccc(-c4cc(OCC5(O)CC5)cc5ncc(C#N)n45)cn2)C3)cn1. The fourth-order valence-corrected chi connectivity index (χ4v) is 5.66. The van der Waals surface area contributed by atoms with Crippen molar-refractivity contribution >= 4 is 11.5 Å².